The van der Waals surface area contributed by atoms with Gasteiger partial charge >= 0.3 is 0 Å². The molecule has 1 aromatic carbocycles. The lowest BCUT2D eigenvalue weighted by Gasteiger charge is -2.35. The summed E-state index contributed by atoms with van der Waals surface area (Å²) in [5, 5.41) is 23.1. The number of amides is 1. The van der Waals surface area contributed by atoms with Crippen LogP contribution in [0.1, 0.15) is 48.5 Å². The van der Waals surface area contributed by atoms with Crippen molar-refractivity contribution in [2.24, 2.45) is 5.92 Å². The van der Waals surface area contributed by atoms with Crippen LogP contribution >= 0.6 is 0 Å². The number of phenolic OH excluding ortho intramolecular Hbond substituents is 1. The quantitative estimate of drug-likeness (QED) is 0.794. The van der Waals surface area contributed by atoms with Crippen molar-refractivity contribution in [1.29, 1.82) is 0 Å². The number of carbonyl (C=O) groups excluding carboxylic acids is 1. The minimum absolute atomic E-state index is 0.00834. The summed E-state index contributed by atoms with van der Waals surface area (Å²) in [4.78, 5) is 12.1. The maximum Gasteiger partial charge on any atom is 0.255 e. The number of aromatic hydroxyl groups is 1. The van der Waals surface area contributed by atoms with E-state index in [2.05, 4.69) is 12.2 Å². The van der Waals surface area contributed by atoms with Gasteiger partial charge in [0, 0.05) is 6.54 Å². The van der Waals surface area contributed by atoms with Crippen molar-refractivity contribution in [3.63, 3.8) is 0 Å². The second-order valence-electron chi connectivity index (χ2n) is 6.08. The predicted octanol–water partition coefficient (Wildman–Crippen LogP) is 2.37. The van der Waals surface area contributed by atoms with Gasteiger partial charge in [-0.15, -0.1) is 0 Å². The fourth-order valence-electron chi connectivity index (χ4n) is 2.98. The monoisotopic (exact) mass is 277 g/mol. The van der Waals surface area contributed by atoms with Crippen molar-refractivity contribution in [2.75, 3.05) is 6.54 Å². The molecule has 0 aromatic heterocycles. The first-order valence-corrected chi connectivity index (χ1v) is 7.20. The van der Waals surface area contributed by atoms with Gasteiger partial charge in [-0.3, -0.25) is 4.79 Å². The van der Waals surface area contributed by atoms with Crippen LogP contribution in [0.25, 0.3) is 0 Å². The van der Waals surface area contributed by atoms with Gasteiger partial charge in [-0.25, -0.2) is 0 Å². The molecule has 20 heavy (non-hydrogen) atoms. The lowest BCUT2D eigenvalue weighted by Crippen LogP contribution is -2.45. The highest BCUT2D eigenvalue weighted by molar-refractivity contribution is 5.97. The van der Waals surface area contributed by atoms with Gasteiger partial charge in [0.1, 0.15) is 5.75 Å². The summed E-state index contributed by atoms with van der Waals surface area (Å²) in [7, 11) is 0. The van der Waals surface area contributed by atoms with Gasteiger partial charge in [0.15, 0.2) is 0 Å². The molecule has 1 saturated carbocycles. The van der Waals surface area contributed by atoms with Gasteiger partial charge in [0.2, 0.25) is 0 Å². The van der Waals surface area contributed by atoms with Gasteiger partial charge in [-0.1, -0.05) is 31.9 Å². The number of nitrogens with one attached hydrogen (secondary N) is 1. The highest BCUT2D eigenvalue weighted by atomic mass is 16.3. The largest absolute Gasteiger partial charge is 0.507 e. The number of aliphatic hydroxyl groups is 1. The lowest BCUT2D eigenvalue weighted by atomic mass is 9.79. The summed E-state index contributed by atoms with van der Waals surface area (Å²) in [5.74, 6) is 0.157. The minimum Gasteiger partial charge on any atom is -0.507 e. The first kappa shape index (κ1) is 14.9. The Morgan fingerprint density at radius 1 is 1.50 bits per heavy atom. The number of rotatable bonds is 3. The maximum atomic E-state index is 12.1. The topological polar surface area (TPSA) is 69.6 Å². The molecule has 0 spiro atoms. The van der Waals surface area contributed by atoms with E-state index in [1.807, 2.05) is 0 Å². The molecule has 4 nitrogen and oxygen atoms in total. The summed E-state index contributed by atoms with van der Waals surface area (Å²) < 4.78 is 0. The van der Waals surface area contributed by atoms with E-state index in [9.17, 15) is 15.0 Å². The molecule has 3 N–H and O–H groups in total. The van der Waals surface area contributed by atoms with E-state index < -0.39 is 5.60 Å². The fraction of sp³-hybridized carbons (Fsp3) is 0.562. The number of carbonyl (C=O) groups is 1. The molecule has 0 radical (unpaired) electrons. The molecule has 0 heterocycles. The lowest BCUT2D eigenvalue weighted by molar-refractivity contribution is -0.0109. The Labute approximate surface area is 119 Å². The molecule has 2 rings (SSSR count). The third-order valence-corrected chi connectivity index (χ3v) is 4.13. The van der Waals surface area contributed by atoms with E-state index in [4.69, 9.17) is 0 Å². The smallest absolute Gasteiger partial charge is 0.255 e. The molecule has 1 aliphatic rings. The summed E-state index contributed by atoms with van der Waals surface area (Å²) in [5.41, 5.74) is 0.118. The Hall–Kier alpha value is -1.55. The van der Waals surface area contributed by atoms with Crippen molar-refractivity contribution in [1.82, 2.24) is 5.32 Å². The molecule has 110 valence electrons. The van der Waals surface area contributed by atoms with Crippen molar-refractivity contribution >= 4 is 5.91 Å². The molecule has 0 saturated heterocycles. The Morgan fingerprint density at radius 2 is 2.25 bits per heavy atom. The van der Waals surface area contributed by atoms with Gasteiger partial charge in [-0.2, -0.15) is 0 Å². The number of phenols is 1. The number of benzene rings is 1. The normalized spacial score (nSPS) is 26.2. The van der Waals surface area contributed by atoms with Crippen LogP contribution < -0.4 is 5.32 Å². The average molecular weight is 277 g/mol. The zero-order chi connectivity index (χ0) is 14.8. The first-order valence-electron chi connectivity index (χ1n) is 7.20. The highest BCUT2D eigenvalue weighted by Gasteiger charge is 2.33. The Bertz CT molecular complexity index is 500. The number of hydrogen-bond donors (Lipinski definition) is 3. The van der Waals surface area contributed by atoms with Crippen LogP contribution in [0.5, 0.6) is 5.75 Å². The molecule has 0 aliphatic heterocycles. The van der Waals surface area contributed by atoms with Crippen LogP contribution in [-0.4, -0.2) is 28.3 Å². The van der Waals surface area contributed by atoms with Crippen molar-refractivity contribution in [3.8, 4) is 5.75 Å². The van der Waals surface area contributed by atoms with Crippen LogP contribution in [-0.2, 0) is 0 Å². The number of para-hydroxylation sites is 1. The van der Waals surface area contributed by atoms with Crippen LogP contribution in [0, 0.1) is 12.8 Å². The maximum absolute atomic E-state index is 12.1. The van der Waals surface area contributed by atoms with E-state index in [1.54, 1.807) is 25.1 Å². The van der Waals surface area contributed by atoms with Gasteiger partial charge in [-0.05, 0) is 37.3 Å². The second-order valence-corrected chi connectivity index (χ2v) is 6.08. The summed E-state index contributed by atoms with van der Waals surface area (Å²) in [6, 6.07) is 5.08. The average Bonchev–Trinajstić information content (AvgIpc) is 2.39. The second kappa shape index (κ2) is 5.83. The number of aryl methyl sites for hydroxylation is 1. The zero-order valence-corrected chi connectivity index (χ0v) is 12.1. The first-order chi connectivity index (χ1) is 9.41. The van der Waals surface area contributed by atoms with Gasteiger partial charge < -0.3 is 15.5 Å². The molecule has 1 aliphatic carbocycles. The summed E-state index contributed by atoms with van der Waals surface area (Å²) >= 11 is 0. The molecule has 1 fully saturated rings. The van der Waals surface area contributed by atoms with E-state index in [0.29, 0.717) is 17.9 Å². The van der Waals surface area contributed by atoms with E-state index >= 15 is 0 Å². The molecule has 4 heteroatoms. The van der Waals surface area contributed by atoms with Crippen molar-refractivity contribution < 1.29 is 15.0 Å². The zero-order valence-electron chi connectivity index (χ0n) is 12.1. The molecule has 1 amide bonds. The fourth-order valence-corrected chi connectivity index (χ4v) is 2.98. The third-order valence-electron chi connectivity index (χ3n) is 4.13. The van der Waals surface area contributed by atoms with Gasteiger partial charge in [0.25, 0.3) is 5.91 Å². The highest BCUT2D eigenvalue weighted by Crippen LogP contribution is 2.31. The third kappa shape index (κ3) is 3.31. The van der Waals surface area contributed by atoms with Crippen LogP contribution in [0.3, 0.4) is 0 Å². The summed E-state index contributed by atoms with van der Waals surface area (Å²) in [6.45, 7) is 4.12. The van der Waals surface area contributed by atoms with Crippen molar-refractivity contribution in [2.45, 2.75) is 45.1 Å². The standard InChI is InChI=1S/C16H23NO3/c1-11-5-4-8-16(20,9-11)10-17-15(19)13-7-3-6-12(2)14(13)18/h3,6-7,11,18,20H,4-5,8-10H2,1-2H3,(H,17,19). The molecular formula is C16H23NO3. The van der Waals surface area contributed by atoms with E-state index in [1.165, 1.54) is 0 Å². The van der Waals surface area contributed by atoms with Crippen LogP contribution in [0.2, 0.25) is 0 Å². The Balaban J connectivity index is 2.00. The van der Waals surface area contributed by atoms with Crippen LogP contribution in [0.15, 0.2) is 18.2 Å². The molecule has 2 unspecified atom stereocenters. The molecule has 0 bridgehead atoms. The van der Waals surface area contributed by atoms with Crippen LogP contribution in [0.4, 0.5) is 0 Å². The summed E-state index contributed by atoms with van der Waals surface area (Å²) in [6.07, 6.45) is 3.56. The Morgan fingerprint density at radius 3 is 2.95 bits per heavy atom. The van der Waals surface area contributed by atoms with E-state index in [0.717, 1.165) is 19.3 Å². The Kier molecular flexibility index (Phi) is 4.33. The molecule has 2 atom stereocenters. The molecule has 1 aromatic rings. The minimum atomic E-state index is -0.813. The van der Waals surface area contributed by atoms with Crippen molar-refractivity contribution in [3.05, 3.63) is 29.3 Å². The predicted molar refractivity (Wildman–Crippen MR) is 77.8 cm³/mol. The van der Waals surface area contributed by atoms with Gasteiger partial charge in [0.05, 0.1) is 11.2 Å². The van der Waals surface area contributed by atoms with E-state index in [-0.39, 0.29) is 23.8 Å². The SMILES string of the molecule is Cc1cccc(C(=O)NCC2(O)CCCC(C)C2)c1O. The molecular weight excluding hydrogens is 254 g/mol. The number of hydrogen-bond acceptors (Lipinski definition) is 3.